The number of methoxy groups -OCH3 is 1. The van der Waals surface area contributed by atoms with Crippen LogP contribution in [0, 0.1) is 10.1 Å². The largest absolute Gasteiger partial charge is 0.497 e. The Kier molecular flexibility index (Phi) is 5.46. The minimum atomic E-state index is -0.435. The molecule has 0 atom stereocenters. The third-order valence-electron chi connectivity index (χ3n) is 3.07. The first-order chi connectivity index (χ1) is 11.1. The number of anilines is 1. The van der Waals surface area contributed by atoms with E-state index in [9.17, 15) is 10.1 Å². The fourth-order valence-electron chi connectivity index (χ4n) is 1.78. The zero-order chi connectivity index (χ0) is 16.7. The van der Waals surface area contributed by atoms with E-state index in [-0.39, 0.29) is 5.69 Å². The van der Waals surface area contributed by atoms with Crippen LogP contribution in [0.4, 0.5) is 11.4 Å². The summed E-state index contributed by atoms with van der Waals surface area (Å²) in [5.41, 5.74) is 5.41. The van der Waals surface area contributed by atoms with Crippen molar-refractivity contribution in [3.63, 3.8) is 0 Å². The molecule has 0 aliphatic rings. The van der Waals surface area contributed by atoms with Crippen LogP contribution in [-0.2, 0) is 0 Å². The fraction of sp³-hybridized carbons (Fsp3) is 0.118. The Morgan fingerprint density at radius 3 is 2.39 bits per heavy atom. The van der Waals surface area contributed by atoms with Crippen LogP contribution in [0.15, 0.2) is 59.7 Å². The second kappa shape index (κ2) is 7.74. The van der Waals surface area contributed by atoms with Gasteiger partial charge in [-0.2, -0.15) is 5.10 Å². The molecule has 0 aliphatic heterocycles. The van der Waals surface area contributed by atoms with Crippen molar-refractivity contribution in [2.75, 3.05) is 12.5 Å². The Labute approximate surface area is 134 Å². The number of non-ortho nitro benzene ring substituents is 1. The summed E-state index contributed by atoms with van der Waals surface area (Å²) in [4.78, 5) is 10.1. The summed E-state index contributed by atoms with van der Waals surface area (Å²) in [5, 5.41) is 14.8. The van der Waals surface area contributed by atoms with E-state index in [1.165, 1.54) is 12.1 Å². The Bertz CT molecular complexity index is 720. The van der Waals surface area contributed by atoms with Crippen LogP contribution in [0.5, 0.6) is 5.75 Å². The molecular formula is C17H17N3O3. The Hall–Kier alpha value is -3.15. The zero-order valence-electron chi connectivity index (χ0n) is 12.9. The van der Waals surface area contributed by atoms with Gasteiger partial charge in [0.05, 0.1) is 23.4 Å². The molecule has 0 amide bonds. The summed E-state index contributed by atoms with van der Waals surface area (Å²) in [6.45, 7) is 1.86. The third kappa shape index (κ3) is 4.96. The first-order valence-corrected chi connectivity index (χ1v) is 6.95. The quantitative estimate of drug-likeness (QED) is 0.495. The standard InChI is InChI=1S/C17H17N3O3/c1-13(3-4-14-5-11-17(23-2)12-6-14)18-19-15-7-9-16(10-8-15)20(21)22/h3-12,19H,1-2H3/b4-3+,18-13+. The molecule has 0 spiro atoms. The Balaban J connectivity index is 1.96. The fourth-order valence-corrected chi connectivity index (χ4v) is 1.78. The number of nitro benzene ring substituents is 1. The van der Waals surface area contributed by atoms with Crippen LogP contribution >= 0.6 is 0 Å². The number of hydrogen-bond acceptors (Lipinski definition) is 5. The molecule has 23 heavy (non-hydrogen) atoms. The molecule has 0 aromatic heterocycles. The normalized spacial score (nSPS) is 11.5. The van der Waals surface area contributed by atoms with Crippen molar-refractivity contribution >= 4 is 23.2 Å². The zero-order valence-corrected chi connectivity index (χ0v) is 12.9. The molecule has 118 valence electrons. The predicted octanol–water partition coefficient (Wildman–Crippen LogP) is 4.10. The molecule has 0 saturated carbocycles. The second-order valence-corrected chi connectivity index (χ2v) is 4.78. The minimum Gasteiger partial charge on any atom is -0.497 e. The molecule has 0 radical (unpaired) electrons. The maximum atomic E-state index is 10.6. The Morgan fingerprint density at radius 2 is 1.83 bits per heavy atom. The molecule has 0 bridgehead atoms. The molecular weight excluding hydrogens is 294 g/mol. The van der Waals surface area contributed by atoms with Gasteiger partial charge in [0.2, 0.25) is 0 Å². The highest BCUT2D eigenvalue weighted by atomic mass is 16.6. The van der Waals surface area contributed by atoms with Gasteiger partial charge in [-0.05, 0) is 42.8 Å². The van der Waals surface area contributed by atoms with Gasteiger partial charge in [-0.15, -0.1) is 0 Å². The lowest BCUT2D eigenvalue weighted by Gasteiger charge is -2.01. The number of nitro groups is 1. The maximum absolute atomic E-state index is 10.6. The molecule has 0 saturated heterocycles. The molecule has 6 heteroatoms. The van der Waals surface area contributed by atoms with E-state index in [1.807, 2.05) is 43.3 Å². The van der Waals surface area contributed by atoms with E-state index in [2.05, 4.69) is 10.5 Å². The SMILES string of the molecule is COc1ccc(/C=C/C(C)=N/Nc2ccc([N+](=O)[O-])cc2)cc1. The van der Waals surface area contributed by atoms with Gasteiger partial charge < -0.3 is 4.74 Å². The van der Waals surface area contributed by atoms with Crippen molar-refractivity contribution in [3.8, 4) is 5.75 Å². The highest BCUT2D eigenvalue weighted by molar-refractivity contribution is 5.96. The topological polar surface area (TPSA) is 76.8 Å². The Morgan fingerprint density at radius 1 is 1.17 bits per heavy atom. The van der Waals surface area contributed by atoms with Crippen molar-refractivity contribution in [1.29, 1.82) is 0 Å². The highest BCUT2D eigenvalue weighted by Gasteiger charge is 2.02. The van der Waals surface area contributed by atoms with Crippen molar-refractivity contribution in [2.45, 2.75) is 6.92 Å². The number of rotatable bonds is 6. The van der Waals surface area contributed by atoms with Gasteiger partial charge in [-0.3, -0.25) is 15.5 Å². The molecule has 0 unspecified atom stereocenters. The van der Waals surface area contributed by atoms with Gasteiger partial charge in [-0.25, -0.2) is 0 Å². The van der Waals surface area contributed by atoms with E-state index in [4.69, 9.17) is 4.74 Å². The number of hydrazone groups is 1. The number of allylic oxidation sites excluding steroid dienone is 1. The molecule has 2 rings (SSSR count). The van der Waals surface area contributed by atoms with Crippen molar-refractivity contribution in [1.82, 2.24) is 0 Å². The number of nitrogens with one attached hydrogen (secondary N) is 1. The summed E-state index contributed by atoms with van der Waals surface area (Å²) in [6.07, 6.45) is 3.82. The lowest BCUT2D eigenvalue weighted by Crippen LogP contribution is -1.95. The average Bonchev–Trinajstić information content (AvgIpc) is 2.59. The van der Waals surface area contributed by atoms with Crippen molar-refractivity contribution in [3.05, 3.63) is 70.3 Å². The van der Waals surface area contributed by atoms with Crippen molar-refractivity contribution < 1.29 is 9.66 Å². The lowest BCUT2D eigenvalue weighted by molar-refractivity contribution is -0.384. The molecule has 0 fully saturated rings. The molecule has 0 aliphatic carbocycles. The van der Waals surface area contributed by atoms with Gasteiger partial charge in [0.25, 0.3) is 5.69 Å². The molecule has 2 aromatic carbocycles. The average molecular weight is 311 g/mol. The number of nitrogens with zero attached hydrogens (tertiary/aromatic N) is 2. The van der Waals surface area contributed by atoms with E-state index >= 15 is 0 Å². The van der Waals surface area contributed by atoms with Gasteiger partial charge in [0.1, 0.15) is 5.75 Å². The van der Waals surface area contributed by atoms with Crippen LogP contribution < -0.4 is 10.2 Å². The lowest BCUT2D eigenvalue weighted by atomic mass is 10.2. The van der Waals surface area contributed by atoms with E-state index in [1.54, 1.807) is 19.2 Å². The molecule has 1 N–H and O–H groups in total. The molecule has 6 nitrogen and oxygen atoms in total. The first-order valence-electron chi connectivity index (χ1n) is 6.95. The van der Waals surface area contributed by atoms with Gasteiger partial charge >= 0.3 is 0 Å². The van der Waals surface area contributed by atoms with Crippen LogP contribution in [-0.4, -0.2) is 17.7 Å². The van der Waals surface area contributed by atoms with Crippen LogP contribution in [0.2, 0.25) is 0 Å². The summed E-state index contributed by atoms with van der Waals surface area (Å²) >= 11 is 0. The van der Waals surface area contributed by atoms with Crippen LogP contribution in [0.25, 0.3) is 6.08 Å². The molecule has 0 heterocycles. The van der Waals surface area contributed by atoms with Gasteiger partial charge in [-0.1, -0.05) is 18.2 Å². The minimum absolute atomic E-state index is 0.0515. The van der Waals surface area contributed by atoms with Crippen molar-refractivity contribution in [2.24, 2.45) is 5.10 Å². The smallest absolute Gasteiger partial charge is 0.269 e. The maximum Gasteiger partial charge on any atom is 0.269 e. The van der Waals surface area contributed by atoms with Crippen LogP contribution in [0.3, 0.4) is 0 Å². The predicted molar refractivity (Wildman–Crippen MR) is 91.9 cm³/mol. The second-order valence-electron chi connectivity index (χ2n) is 4.78. The highest BCUT2D eigenvalue weighted by Crippen LogP contribution is 2.15. The third-order valence-corrected chi connectivity index (χ3v) is 3.07. The summed E-state index contributed by atoms with van der Waals surface area (Å²) in [7, 11) is 1.63. The summed E-state index contributed by atoms with van der Waals surface area (Å²) in [6, 6.07) is 13.8. The summed E-state index contributed by atoms with van der Waals surface area (Å²) in [5.74, 6) is 0.812. The number of benzene rings is 2. The van der Waals surface area contributed by atoms with E-state index in [0.717, 1.165) is 17.0 Å². The van der Waals surface area contributed by atoms with Gasteiger partial charge in [0.15, 0.2) is 0 Å². The number of hydrogen-bond donors (Lipinski definition) is 1. The van der Waals surface area contributed by atoms with Gasteiger partial charge in [0, 0.05) is 12.1 Å². The molecule has 2 aromatic rings. The first kappa shape index (κ1) is 16.2. The monoisotopic (exact) mass is 311 g/mol. The van der Waals surface area contributed by atoms with E-state index < -0.39 is 4.92 Å². The van der Waals surface area contributed by atoms with E-state index in [0.29, 0.717) is 5.69 Å². The van der Waals surface area contributed by atoms with Crippen LogP contribution in [0.1, 0.15) is 12.5 Å². The number of ether oxygens (including phenoxy) is 1. The summed E-state index contributed by atoms with van der Waals surface area (Å²) < 4.78 is 5.11.